The van der Waals surface area contributed by atoms with Crippen LogP contribution >= 0.6 is 34.8 Å². The first-order chi connectivity index (χ1) is 9.02. The first-order valence-corrected chi connectivity index (χ1v) is 6.62. The van der Waals surface area contributed by atoms with Crippen molar-refractivity contribution < 1.29 is 9.84 Å². The fourth-order valence-electron chi connectivity index (χ4n) is 1.77. The summed E-state index contributed by atoms with van der Waals surface area (Å²) in [5.41, 5.74) is 1.16. The molecule has 0 saturated carbocycles. The van der Waals surface area contributed by atoms with Crippen molar-refractivity contribution in [2.75, 3.05) is 7.11 Å². The Kier molecular flexibility index (Phi) is 4.58. The molecule has 0 saturated heterocycles. The summed E-state index contributed by atoms with van der Waals surface area (Å²) in [5, 5.41) is 11.7. The summed E-state index contributed by atoms with van der Waals surface area (Å²) in [6, 6.07) is 10.1. The first-order valence-electron chi connectivity index (χ1n) is 5.49. The number of hydrogen-bond acceptors (Lipinski definition) is 2. The molecular weight excluding hydrogens is 307 g/mol. The highest BCUT2D eigenvalue weighted by Gasteiger charge is 2.17. The van der Waals surface area contributed by atoms with Gasteiger partial charge < -0.3 is 9.84 Å². The molecule has 0 spiro atoms. The van der Waals surface area contributed by atoms with Crippen LogP contribution in [0, 0.1) is 0 Å². The molecule has 0 aliphatic carbocycles. The van der Waals surface area contributed by atoms with Crippen LogP contribution in [0.5, 0.6) is 5.75 Å². The van der Waals surface area contributed by atoms with Gasteiger partial charge in [0.2, 0.25) is 0 Å². The van der Waals surface area contributed by atoms with Crippen molar-refractivity contribution in [3.8, 4) is 5.75 Å². The maximum absolute atomic E-state index is 10.3. The summed E-state index contributed by atoms with van der Waals surface area (Å²) in [7, 11) is 1.50. The van der Waals surface area contributed by atoms with Crippen molar-refractivity contribution in [3.05, 3.63) is 62.6 Å². The third-order valence-electron chi connectivity index (χ3n) is 2.73. The summed E-state index contributed by atoms with van der Waals surface area (Å²) >= 11 is 18.1. The van der Waals surface area contributed by atoms with Crippen LogP contribution in [0.1, 0.15) is 17.2 Å². The van der Waals surface area contributed by atoms with Crippen molar-refractivity contribution >= 4 is 34.8 Å². The highest BCUT2D eigenvalue weighted by Crippen LogP contribution is 2.36. The maximum atomic E-state index is 10.3. The number of hydrogen-bond donors (Lipinski definition) is 1. The van der Waals surface area contributed by atoms with Gasteiger partial charge >= 0.3 is 0 Å². The van der Waals surface area contributed by atoms with Gasteiger partial charge in [-0.05, 0) is 23.8 Å². The molecule has 0 heterocycles. The zero-order chi connectivity index (χ0) is 14.0. The van der Waals surface area contributed by atoms with E-state index in [0.29, 0.717) is 31.9 Å². The number of benzene rings is 2. The predicted molar refractivity (Wildman–Crippen MR) is 78.5 cm³/mol. The molecule has 1 unspecified atom stereocenters. The standard InChI is InChI=1S/C14H11Cl3O2/c1-19-13-7-11(16)10(6-12(13)17)14(18)8-3-2-4-9(15)5-8/h2-7,14,18H,1H3. The van der Waals surface area contributed by atoms with Crippen LogP contribution in [-0.4, -0.2) is 12.2 Å². The molecule has 1 atom stereocenters. The Bertz CT molecular complexity index is 599. The lowest BCUT2D eigenvalue weighted by Crippen LogP contribution is -2.01. The highest BCUT2D eigenvalue weighted by molar-refractivity contribution is 6.34. The Balaban J connectivity index is 2.44. The zero-order valence-electron chi connectivity index (χ0n) is 10.0. The molecule has 0 amide bonds. The fraction of sp³-hybridized carbons (Fsp3) is 0.143. The average molecular weight is 318 g/mol. The molecule has 100 valence electrons. The minimum atomic E-state index is -0.894. The van der Waals surface area contributed by atoms with E-state index in [4.69, 9.17) is 39.5 Å². The molecule has 2 aromatic rings. The molecule has 0 aliphatic heterocycles. The van der Waals surface area contributed by atoms with E-state index < -0.39 is 6.10 Å². The van der Waals surface area contributed by atoms with E-state index in [2.05, 4.69) is 0 Å². The van der Waals surface area contributed by atoms with Gasteiger partial charge in [-0.1, -0.05) is 46.9 Å². The summed E-state index contributed by atoms with van der Waals surface area (Å²) in [4.78, 5) is 0. The second kappa shape index (κ2) is 6.02. The molecule has 0 aromatic heterocycles. The lowest BCUT2D eigenvalue weighted by molar-refractivity contribution is 0.220. The largest absolute Gasteiger partial charge is 0.495 e. The quantitative estimate of drug-likeness (QED) is 0.886. The van der Waals surface area contributed by atoms with Crippen LogP contribution in [0.4, 0.5) is 0 Å². The van der Waals surface area contributed by atoms with Gasteiger partial charge in [-0.2, -0.15) is 0 Å². The van der Waals surface area contributed by atoms with E-state index in [-0.39, 0.29) is 0 Å². The molecule has 5 heteroatoms. The normalized spacial score (nSPS) is 12.3. The van der Waals surface area contributed by atoms with Crippen molar-refractivity contribution in [1.29, 1.82) is 0 Å². The van der Waals surface area contributed by atoms with E-state index in [1.807, 2.05) is 0 Å². The van der Waals surface area contributed by atoms with Gasteiger partial charge in [0.1, 0.15) is 11.9 Å². The topological polar surface area (TPSA) is 29.5 Å². The molecule has 0 bridgehead atoms. The van der Waals surface area contributed by atoms with Crippen LogP contribution in [0.3, 0.4) is 0 Å². The lowest BCUT2D eigenvalue weighted by Gasteiger charge is -2.15. The van der Waals surface area contributed by atoms with Crippen molar-refractivity contribution in [1.82, 2.24) is 0 Å². The molecule has 1 N–H and O–H groups in total. The third-order valence-corrected chi connectivity index (χ3v) is 3.59. The van der Waals surface area contributed by atoms with Gasteiger partial charge in [-0.3, -0.25) is 0 Å². The van der Waals surface area contributed by atoms with E-state index in [1.54, 1.807) is 36.4 Å². The minimum Gasteiger partial charge on any atom is -0.495 e. The van der Waals surface area contributed by atoms with E-state index >= 15 is 0 Å². The summed E-state index contributed by atoms with van der Waals surface area (Å²) in [6.07, 6.45) is -0.894. The number of aliphatic hydroxyl groups excluding tert-OH is 1. The summed E-state index contributed by atoms with van der Waals surface area (Å²) < 4.78 is 5.07. The maximum Gasteiger partial charge on any atom is 0.138 e. The number of ether oxygens (including phenoxy) is 1. The number of rotatable bonds is 3. The molecule has 0 aliphatic rings. The highest BCUT2D eigenvalue weighted by atomic mass is 35.5. The van der Waals surface area contributed by atoms with Crippen molar-refractivity contribution in [2.45, 2.75) is 6.10 Å². The SMILES string of the molecule is COc1cc(Cl)c(C(O)c2cccc(Cl)c2)cc1Cl. The van der Waals surface area contributed by atoms with Crippen LogP contribution < -0.4 is 4.74 Å². The van der Waals surface area contributed by atoms with E-state index in [1.165, 1.54) is 7.11 Å². The molecule has 2 aromatic carbocycles. The van der Waals surface area contributed by atoms with Crippen LogP contribution in [0.25, 0.3) is 0 Å². The number of aliphatic hydroxyl groups is 1. The van der Waals surface area contributed by atoms with E-state index in [9.17, 15) is 5.11 Å². The first kappa shape index (κ1) is 14.5. The predicted octanol–water partition coefficient (Wildman–Crippen LogP) is 4.74. The van der Waals surface area contributed by atoms with Gasteiger partial charge in [0.15, 0.2) is 0 Å². The van der Waals surface area contributed by atoms with Gasteiger partial charge in [0, 0.05) is 16.7 Å². The van der Waals surface area contributed by atoms with Gasteiger partial charge in [-0.15, -0.1) is 0 Å². The zero-order valence-corrected chi connectivity index (χ0v) is 12.3. The lowest BCUT2D eigenvalue weighted by atomic mass is 10.0. The second-order valence-corrected chi connectivity index (χ2v) is 5.22. The number of methoxy groups -OCH3 is 1. The molecule has 2 nitrogen and oxygen atoms in total. The molecule has 2 rings (SSSR count). The molecule has 0 fully saturated rings. The summed E-state index contributed by atoms with van der Waals surface area (Å²) in [6.45, 7) is 0. The molecule has 19 heavy (non-hydrogen) atoms. The average Bonchev–Trinajstić information content (AvgIpc) is 2.40. The van der Waals surface area contributed by atoms with E-state index in [0.717, 1.165) is 0 Å². The summed E-state index contributed by atoms with van der Waals surface area (Å²) in [5.74, 6) is 0.466. The van der Waals surface area contributed by atoms with Crippen LogP contribution in [0.15, 0.2) is 36.4 Å². The Morgan fingerprint density at radius 2 is 1.79 bits per heavy atom. The minimum absolute atomic E-state index is 0.383. The van der Waals surface area contributed by atoms with Crippen molar-refractivity contribution in [3.63, 3.8) is 0 Å². The molecule has 0 radical (unpaired) electrons. The Hall–Kier alpha value is -0.930. The third kappa shape index (κ3) is 3.15. The van der Waals surface area contributed by atoms with Gasteiger partial charge in [0.25, 0.3) is 0 Å². The van der Waals surface area contributed by atoms with Gasteiger partial charge in [0.05, 0.1) is 17.2 Å². The fourth-order valence-corrected chi connectivity index (χ4v) is 2.47. The Labute approximate surface area is 126 Å². The second-order valence-electron chi connectivity index (χ2n) is 3.97. The Morgan fingerprint density at radius 3 is 2.42 bits per heavy atom. The van der Waals surface area contributed by atoms with Crippen molar-refractivity contribution in [2.24, 2.45) is 0 Å². The van der Waals surface area contributed by atoms with Gasteiger partial charge in [-0.25, -0.2) is 0 Å². The monoisotopic (exact) mass is 316 g/mol. The smallest absolute Gasteiger partial charge is 0.138 e. The van der Waals surface area contributed by atoms with Crippen LogP contribution in [0.2, 0.25) is 15.1 Å². The molecular formula is C14H11Cl3O2. The number of halogens is 3. The van der Waals surface area contributed by atoms with Crippen LogP contribution in [-0.2, 0) is 0 Å². The Morgan fingerprint density at radius 1 is 1.05 bits per heavy atom.